The van der Waals surface area contributed by atoms with Gasteiger partial charge in [-0.15, -0.1) is 0 Å². The maximum atomic E-state index is 11.8. The highest BCUT2D eigenvalue weighted by Crippen LogP contribution is 2.26. The fourth-order valence-corrected chi connectivity index (χ4v) is 1.91. The number of anilines is 1. The molecule has 0 spiro atoms. The smallest absolute Gasteiger partial charge is 0.273 e. The van der Waals surface area contributed by atoms with Crippen molar-refractivity contribution in [3.63, 3.8) is 0 Å². The summed E-state index contributed by atoms with van der Waals surface area (Å²) in [5.74, 6) is -0.478. The van der Waals surface area contributed by atoms with Crippen LogP contribution in [0.4, 0.5) is 17.1 Å². The first-order chi connectivity index (χ1) is 11.4. The van der Waals surface area contributed by atoms with Crippen molar-refractivity contribution >= 4 is 34.6 Å². The van der Waals surface area contributed by atoms with Crippen molar-refractivity contribution in [2.24, 2.45) is 0 Å². The Morgan fingerprint density at radius 1 is 1.08 bits per heavy atom. The lowest BCUT2D eigenvalue weighted by molar-refractivity contribution is -0.385. The van der Waals surface area contributed by atoms with Gasteiger partial charge >= 0.3 is 0 Å². The largest absolute Gasteiger partial charge is 0.484 e. The van der Waals surface area contributed by atoms with Crippen molar-refractivity contribution < 1.29 is 19.4 Å². The highest BCUT2D eigenvalue weighted by Gasteiger charge is 2.13. The van der Waals surface area contributed by atoms with Crippen LogP contribution in [0, 0.1) is 20.2 Å². The first-order valence-corrected chi connectivity index (χ1v) is 6.85. The lowest BCUT2D eigenvalue weighted by atomic mass is 10.3. The van der Waals surface area contributed by atoms with Crippen LogP contribution in [0.3, 0.4) is 0 Å². The van der Waals surface area contributed by atoms with E-state index in [1.54, 1.807) is 0 Å². The number of carbonyl (C=O) groups is 1. The molecule has 0 aliphatic heterocycles. The van der Waals surface area contributed by atoms with Crippen molar-refractivity contribution in [3.8, 4) is 5.75 Å². The van der Waals surface area contributed by atoms with E-state index in [1.807, 2.05) is 0 Å². The Morgan fingerprint density at radius 3 is 2.42 bits per heavy atom. The van der Waals surface area contributed by atoms with E-state index in [4.69, 9.17) is 16.3 Å². The maximum absolute atomic E-state index is 11.8. The molecule has 0 aliphatic rings. The molecule has 24 heavy (non-hydrogen) atoms. The van der Waals surface area contributed by atoms with Gasteiger partial charge in [0, 0.05) is 18.2 Å². The number of non-ortho nitro benzene ring substituents is 2. The number of nitro benzene ring substituents is 2. The molecular weight excluding hydrogens is 342 g/mol. The topological polar surface area (TPSA) is 125 Å². The zero-order valence-electron chi connectivity index (χ0n) is 12.0. The normalized spacial score (nSPS) is 10.0. The van der Waals surface area contributed by atoms with Crippen LogP contribution in [0.15, 0.2) is 42.5 Å². The molecule has 10 heteroatoms. The molecule has 2 aromatic rings. The monoisotopic (exact) mass is 351 g/mol. The zero-order chi connectivity index (χ0) is 17.7. The summed E-state index contributed by atoms with van der Waals surface area (Å²) in [5, 5.41) is 23.9. The van der Waals surface area contributed by atoms with Gasteiger partial charge in [0.2, 0.25) is 0 Å². The first-order valence-electron chi connectivity index (χ1n) is 6.48. The standard InChI is InChI=1S/C14H10ClN3O6/c15-12-5-4-10(18(22)23)7-13(12)16-14(19)8-24-11-3-1-2-9(6-11)17(20)21/h1-7H,8H2,(H,16,19). The van der Waals surface area contributed by atoms with Crippen LogP contribution in [0.2, 0.25) is 5.02 Å². The minimum absolute atomic E-state index is 0.0681. The van der Waals surface area contributed by atoms with Gasteiger partial charge < -0.3 is 10.1 Å². The molecule has 0 bridgehead atoms. The van der Waals surface area contributed by atoms with E-state index >= 15 is 0 Å². The average Bonchev–Trinajstić information content (AvgIpc) is 2.55. The highest BCUT2D eigenvalue weighted by molar-refractivity contribution is 6.33. The molecule has 0 saturated heterocycles. The minimum Gasteiger partial charge on any atom is -0.484 e. The molecule has 1 N–H and O–H groups in total. The number of nitrogens with zero attached hydrogens (tertiary/aromatic N) is 2. The number of amides is 1. The van der Waals surface area contributed by atoms with E-state index in [9.17, 15) is 25.0 Å². The Kier molecular flexibility index (Phi) is 5.27. The Morgan fingerprint density at radius 2 is 1.75 bits per heavy atom. The number of carbonyl (C=O) groups excluding carboxylic acids is 1. The van der Waals surface area contributed by atoms with Crippen LogP contribution in [0.25, 0.3) is 0 Å². The number of rotatable bonds is 6. The van der Waals surface area contributed by atoms with Crippen LogP contribution in [-0.2, 0) is 4.79 Å². The van der Waals surface area contributed by atoms with Gasteiger partial charge in [0.05, 0.1) is 26.6 Å². The number of hydrogen-bond acceptors (Lipinski definition) is 6. The van der Waals surface area contributed by atoms with Gasteiger partial charge in [0.15, 0.2) is 6.61 Å². The predicted octanol–water partition coefficient (Wildman–Crippen LogP) is 3.17. The minimum atomic E-state index is -0.621. The molecule has 1 amide bonds. The summed E-state index contributed by atoms with van der Waals surface area (Å²) in [4.78, 5) is 32.0. The molecule has 124 valence electrons. The van der Waals surface area contributed by atoms with Crippen molar-refractivity contribution in [1.82, 2.24) is 0 Å². The second-order valence-electron chi connectivity index (χ2n) is 4.51. The van der Waals surface area contributed by atoms with Crippen LogP contribution in [0.5, 0.6) is 5.75 Å². The first kappa shape index (κ1) is 17.2. The SMILES string of the molecule is O=C(COc1cccc([N+](=O)[O-])c1)Nc1cc([N+](=O)[O-])ccc1Cl. The number of nitro groups is 2. The van der Waals surface area contributed by atoms with Gasteiger partial charge in [-0.2, -0.15) is 0 Å². The van der Waals surface area contributed by atoms with Gasteiger partial charge in [0.1, 0.15) is 5.75 Å². The third-order valence-corrected chi connectivity index (χ3v) is 3.16. The lowest BCUT2D eigenvalue weighted by Gasteiger charge is -2.08. The second kappa shape index (κ2) is 7.38. The Bertz CT molecular complexity index is 811. The van der Waals surface area contributed by atoms with Crippen LogP contribution in [-0.4, -0.2) is 22.4 Å². The van der Waals surface area contributed by atoms with Crippen LogP contribution < -0.4 is 10.1 Å². The summed E-state index contributed by atoms with van der Waals surface area (Å²) in [5.41, 5.74) is -0.331. The average molecular weight is 352 g/mol. The molecule has 2 rings (SSSR count). The number of ether oxygens (including phenoxy) is 1. The van der Waals surface area contributed by atoms with Gasteiger partial charge in [-0.1, -0.05) is 17.7 Å². The van der Waals surface area contributed by atoms with Crippen LogP contribution in [0.1, 0.15) is 0 Å². The van der Waals surface area contributed by atoms with E-state index in [0.29, 0.717) is 0 Å². The molecule has 0 radical (unpaired) electrons. The molecular formula is C14H10ClN3O6. The molecule has 0 heterocycles. The Labute approximate surface area is 140 Å². The lowest BCUT2D eigenvalue weighted by Crippen LogP contribution is -2.20. The molecule has 9 nitrogen and oxygen atoms in total. The van der Waals surface area contributed by atoms with Gasteiger partial charge in [-0.25, -0.2) is 0 Å². The molecule has 0 atom stereocenters. The van der Waals surface area contributed by atoms with E-state index in [1.165, 1.54) is 36.4 Å². The predicted molar refractivity (Wildman–Crippen MR) is 85.3 cm³/mol. The Hall–Kier alpha value is -3.20. The van der Waals surface area contributed by atoms with E-state index < -0.39 is 22.4 Å². The molecule has 0 aromatic heterocycles. The van der Waals surface area contributed by atoms with E-state index in [0.717, 1.165) is 6.07 Å². The van der Waals surface area contributed by atoms with Gasteiger partial charge in [-0.05, 0) is 12.1 Å². The summed E-state index contributed by atoms with van der Waals surface area (Å²) >= 11 is 5.86. The third-order valence-electron chi connectivity index (χ3n) is 2.83. The molecule has 0 unspecified atom stereocenters. The van der Waals surface area contributed by atoms with Gasteiger partial charge in [-0.3, -0.25) is 25.0 Å². The fourth-order valence-electron chi connectivity index (χ4n) is 1.74. The summed E-state index contributed by atoms with van der Waals surface area (Å²) < 4.78 is 5.15. The van der Waals surface area contributed by atoms with Crippen molar-refractivity contribution in [2.75, 3.05) is 11.9 Å². The molecule has 2 aromatic carbocycles. The summed E-state index contributed by atoms with van der Waals surface area (Å²) in [6.07, 6.45) is 0. The van der Waals surface area contributed by atoms with Crippen molar-refractivity contribution in [1.29, 1.82) is 0 Å². The van der Waals surface area contributed by atoms with Crippen molar-refractivity contribution in [3.05, 3.63) is 67.7 Å². The van der Waals surface area contributed by atoms with E-state index in [2.05, 4.69) is 5.32 Å². The number of benzene rings is 2. The zero-order valence-corrected chi connectivity index (χ0v) is 12.7. The fraction of sp³-hybridized carbons (Fsp3) is 0.0714. The maximum Gasteiger partial charge on any atom is 0.273 e. The quantitative estimate of drug-likeness (QED) is 0.629. The third kappa shape index (κ3) is 4.40. The molecule has 0 saturated carbocycles. The summed E-state index contributed by atoms with van der Waals surface area (Å²) in [6, 6.07) is 8.95. The number of hydrogen-bond donors (Lipinski definition) is 1. The molecule has 0 aliphatic carbocycles. The van der Waals surface area contributed by atoms with Gasteiger partial charge in [0.25, 0.3) is 17.3 Å². The summed E-state index contributed by atoms with van der Waals surface area (Å²) in [7, 11) is 0. The summed E-state index contributed by atoms with van der Waals surface area (Å²) in [6.45, 7) is -0.444. The number of halogens is 1. The highest BCUT2D eigenvalue weighted by atomic mass is 35.5. The van der Waals surface area contributed by atoms with Crippen LogP contribution >= 0.6 is 11.6 Å². The second-order valence-corrected chi connectivity index (χ2v) is 4.92. The Balaban J connectivity index is 2.01. The number of nitrogens with one attached hydrogen (secondary N) is 1. The molecule has 0 fully saturated rings. The van der Waals surface area contributed by atoms with Crippen molar-refractivity contribution in [2.45, 2.75) is 0 Å². The van der Waals surface area contributed by atoms with E-state index in [-0.39, 0.29) is 27.8 Å².